The van der Waals surface area contributed by atoms with Crippen molar-refractivity contribution in [1.29, 1.82) is 0 Å². The maximum absolute atomic E-state index is 12.1. The average Bonchev–Trinajstić information content (AvgIpc) is 3.36. The predicted molar refractivity (Wildman–Crippen MR) is 107 cm³/mol. The van der Waals surface area contributed by atoms with Gasteiger partial charge in [0.15, 0.2) is 0 Å². The quantitative estimate of drug-likeness (QED) is 0.493. The lowest BCUT2D eigenvalue weighted by Crippen LogP contribution is -2.28. The minimum Gasteiger partial charge on any atom is -0.489 e. The first kappa shape index (κ1) is 18.9. The summed E-state index contributed by atoms with van der Waals surface area (Å²) in [6, 6.07) is 7.62. The zero-order valence-corrected chi connectivity index (χ0v) is 16.8. The Morgan fingerprint density at radius 3 is 2.62 bits per heavy atom. The van der Waals surface area contributed by atoms with E-state index < -0.39 is 17.2 Å². The Kier molecular flexibility index (Phi) is 5.70. The molecule has 6 heteroatoms. The number of hydrogen-bond donors (Lipinski definition) is 1. The number of hydrogen-bond acceptors (Lipinski definition) is 4. The van der Waals surface area contributed by atoms with Gasteiger partial charge in [0.1, 0.15) is 12.4 Å². The Bertz CT molecular complexity index is 769. The normalized spacial score (nSPS) is 24.3. The van der Waals surface area contributed by atoms with E-state index in [0.29, 0.717) is 19.4 Å². The number of halogens is 1. The van der Waals surface area contributed by atoms with Gasteiger partial charge in [-0.3, -0.25) is 9.59 Å². The van der Waals surface area contributed by atoms with E-state index in [1.807, 2.05) is 24.3 Å². The van der Waals surface area contributed by atoms with Crippen LogP contribution in [0.1, 0.15) is 24.8 Å². The van der Waals surface area contributed by atoms with E-state index >= 15 is 0 Å². The van der Waals surface area contributed by atoms with Gasteiger partial charge in [0.2, 0.25) is 5.91 Å². The highest BCUT2D eigenvalue weighted by molar-refractivity contribution is 14.1. The summed E-state index contributed by atoms with van der Waals surface area (Å²) >= 11 is 2.36. The van der Waals surface area contributed by atoms with Crippen LogP contribution >= 0.6 is 22.6 Å². The summed E-state index contributed by atoms with van der Waals surface area (Å²) in [5, 5.41) is 0. The minimum atomic E-state index is -0.808. The molecule has 0 aromatic heterocycles. The molecule has 0 bridgehead atoms. The van der Waals surface area contributed by atoms with E-state index in [9.17, 15) is 9.59 Å². The highest BCUT2D eigenvalue weighted by atomic mass is 127. The number of allylic oxidation sites excluding steroid dienone is 2. The topological polar surface area (TPSA) is 78.6 Å². The van der Waals surface area contributed by atoms with Crippen molar-refractivity contribution in [3.63, 3.8) is 0 Å². The van der Waals surface area contributed by atoms with E-state index in [4.69, 9.17) is 15.2 Å². The first-order valence-corrected chi connectivity index (χ1v) is 9.67. The van der Waals surface area contributed by atoms with Crippen LogP contribution < -0.4 is 10.5 Å². The zero-order valence-electron chi connectivity index (χ0n) is 14.7. The number of rotatable bonds is 7. The number of carbonyl (C=O) groups excluding carboxylic acids is 2. The molecule has 0 aliphatic heterocycles. The van der Waals surface area contributed by atoms with Gasteiger partial charge in [-0.1, -0.05) is 18.2 Å². The number of ether oxygens (including phenoxy) is 2. The second-order valence-corrected chi connectivity index (χ2v) is 8.21. The summed E-state index contributed by atoms with van der Waals surface area (Å²) in [7, 11) is 1.34. The van der Waals surface area contributed by atoms with Crippen LogP contribution in [0.15, 0.2) is 45.6 Å². The van der Waals surface area contributed by atoms with E-state index in [1.54, 1.807) is 0 Å². The summed E-state index contributed by atoms with van der Waals surface area (Å²) < 4.78 is 12.1. The smallest absolute Gasteiger partial charge is 0.312 e. The summed E-state index contributed by atoms with van der Waals surface area (Å²) in [5.41, 5.74) is 6.73. The van der Waals surface area contributed by atoms with E-state index in [0.717, 1.165) is 24.2 Å². The Hall–Kier alpha value is -1.83. The van der Waals surface area contributed by atoms with Crippen molar-refractivity contribution in [2.24, 2.45) is 17.1 Å². The lowest BCUT2D eigenvalue weighted by molar-refractivity contribution is -0.148. The molecule has 1 saturated carbocycles. The molecular formula is C20H22INO4. The Morgan fingerprint density at radius 2 is 2.04 bits per heavy atom. The molecule has 3 rings (SSSR count). The molecule has 2 atom stereocenters. The second-order valence-electron chi connectivity index (χ2n) is 6.83. The van der Waals surface area contributed by atoms with Crippen LogP contribution in [-0.4, -0.2) is 25.6 Å². The summed E-state index contributed by atoms with van der Waals surface area (Å²) in [4.78, 5) is 23.6. The molecule has 2 N–H and O–H groups in total. The second kappa shape index (κ2) is 7.82. The molecule has 0 radical (unpaired) electrons. The molecule has 2 aliphatic rings. The molecular weight excluding hydrogens is 445 g/mol. The van der Waals surface area contributed by atoms with Gasteiger partial charge in [0, 0.05) is 0 Å². The minimum absolute atomic E-state index is 0.368. The number of esters is 1. The van der Waals surface area contributed by atoms with E-state index in [1.165, 1.54) is 16.3 Å². The fraction of sp³-hybridized carbons (Fsp3) is 0.400. The molecule has 0 saturated heterocycles. The predicted octanol–water partition coefficient (Wildman–Crippen LogP) is 3.31. The van der Waals surface area contributed by atoms with Gasteiger partial charge < -0.3 is 15.2 Å². The van der Waals surface area contributed by atoms with Crippen molar-refractivity contribution in [2.75, 3.05) is 13.7 Å². The van der Waals surface area contributed by atoms with Gasteiger partial charge >= 0.3 is 5.97 Å². The fourth-order valence-corrected chi connectivity index (χ4v) is 4.15. The van der Waals surface area contributed by atoms with Gasteiger partial charge in [0.05, 0.1) is 18.4 Å². The highest BCUT2D eigenvalue weighted by Crippen LogP contribution is 2.55. The van der Waals surface area contributed by atoms with Crippen LogP contribution in [0.2, 0.25) is 0 Å². The van der Waals surface area contributed by atoms with Crippen molar-refractivity contribution in [1.82, 2.24) is 0 Å². The van der Waals surface area contributed by atoms with Crippen LogP contribution in [0, 0.1) is 11.3 Å². The standard InChI is InChI=1S/C20H22INO4/c1-25-19(24)20(11-17(20)18(22)23)10-13-5-7-16(8-6-13)26-12-14-3-2-4-15(21)9-14/h3,5-9,17H,2,4,10-12H2,1H3,(H2,22,23)/t17-,20+/m1/s1. The molecule has 0 unspecified atom stereocenters. The Labute approximate surface area is 166 Å². The molecule has 1 amide bonds. The monoisotopic (exact) mass is 467 g/mol. The van der Waals surface area contributed by atoms with E-state index in [2.05, 4.69) is 34.7 Å². The van der Waals surface area contributed by atoms with Crippen molar-refractivity contribution in [3.05, 3.63) is 51.1 Å². The summed E-state index contributed by atoms with van der Waals surface area (Å²) in [5.74, 6) is -0.484. The molecule has 1 aromatic carbocycles. The van der Waals surface area contributed by atoms with Crippen molar-refractivity contribution >= 4 is 34.5 Å². The van der Waals surface area contributed by atoms with Gasteiger partial charge in [0.25, 0.3) is 0 Å². The lowest BCUT2D eigenvalue weighted by Gasteiger charge is -2.15. The summed E-state index contributed by atoms with van der Waals surface area (Å²) in [6.07, 6.45) is 7.42. The number of amides is 1. The molecule has 26 heavy (non-hydrogen) atoms. The SMILES string of the molecule is COC(=O)[C@@]1(Cc2ccc(OCC3=CCCC(I)=C3)cc2)C[C@@H]1C(N)=O. The van der Waals surface area contributed by atoms with Crippen LogP contribution in [0.25, 0.3) is 0 Å². The van der Waals surface area contributed by atoms with Gasteiger partial charge in [-0.15, -0.1) is 0 Å². The van der Waals surface area contributed by atoms with Gasteiger partial charge in [-0.25, -0.2) is 0 Å². The molecule has 1 fully saturated rings. The number of benzene rings is 1. The average molecular weight is 467 g/mol. The van der Waals surface area contributed by atoms with Crippen LogP contribution in [0.4, 0.5) is 0 Å². The summed E-state index contributed by atoms with van der Waals surface area (Å²) in [6.45, 7) is 0.543. The third-order valence-electron chi connectivity index (χ3n) is 4.99. The maximum Gasteiger partial charge on any atom is 0.312 e. The largest absolute Gasteiger partial charge is 0.489 e. The molecule has 1 aromatic rings. The van der Waals surface area contributed by atoms with Crippen molar-refractivity contribution < 1.29 is 19.1 Å². The molecule has 138 valence electrons. The maximum atomic E-state index is 12.1. The van der Waals surface area contributed by atoms with Crippen molar-refractivity contribution in [3.8, 4) is 5.75 Å². The first-order valence-electron chi connectivity index (χ1n) is 8.59. The van der Waals surface area contributed by atoms with Crippen molar-refractivity contribution in [2.45, 2.75) is 25.7 Å². The first-order chi connectivity index (χ1) is 12.4. The lowest BCUT2D eigenvalue weighted by atomic mass is 9.93. The number of nitrogens with two attached hydrogens (primary N) is 1. The third-order valence-corrected chi connectivity index (χ3v) is 5.84. The van der Waals surface area contributed by atoms with Gasteiger partial charge in [-0.2, -0.15) is 0 Å². The van der Waals surface area contributed by atoms with Crippen LogP contribution in [-0.2, 0) is 20.7 Å². The number of primary amides is 1. The highest BCUT2D eigenvalue weighted by Gasteiger charge is 2.63. The molecule has 2 aliphatic carbocycles. The Balaban J connectivity index is 1.62. The number of carbonyl (C=O) groups is 2. The van der Waals surface area contributed by atoms with Crippen LogP contribution in [0.5, 0.6) is 5.75 Å². The number of methoxy groups -OCH3 is 1. The molecule has 0 heterocycles. The molecule has 5 nitrogen and oxygen atoms in total. The zero-order chi connectivity index (χ0) is 18.7. The van der Waals surface area contributed by atoms with E-state index in [-0.39, 0.29) is 5.97 Å². The van der Waals surface area contributed by atoms with Crippen LogP contribution in [0.3, 0.4) is 0 Å². The molecule has 0 spiro atoms. The third kappa shape index (κ3) is 4.11. The Morgan fingerprint density at radius 1 is 1.31 bits per heavy atom. The van der Waals surface area contributed by atoms with Gasteiger partial charge in [-0.05, 0) is 81.2 Å². The fourth-order valence-electron chi connectivity index (χ4n) is 3.44.